The van der Waals surface area contributed by atoms with E-state index in [0.717, 1.165) is 11.3 Å². The molecule has 2 aromatic rings. The number of hydrogen-bond donors (Lipinski definition) is 2. The number of anilines is 1. The van der Waals surface area contributed by atoms with E-state index in [2.05, 4.69) is 5.32 Å². The van der Waals surface area contributed by atoms with E-state index >= 15 is 0 Å². The Morgan fingerprint density at radius 1 is 1.00 bits per heavy atom. The maximum atomic E-state index is 13.9. The second-order valence-corrected chi connectivity index (χ2v) is 4.99. The summed E-state index contributed by atoms with van der Waals surface area (Å²) in [6, 6.07) is 6.91. The van der Waals surface area contributed by atoms with E-state index in [1.54, 1.807) is 25.1 Å². The molecule has 2 rings (SSSR count). The summed E-state index contributed by atoms with van der Waals surface area (Å²) in [5.41, 5.74) is 2.18. The van der Waals surface area contributed by atoms with E-state index in [-0.39, 0.29) is 17.4 Å². The minimum Gasteiger partial charge on any atom is -0.508 e. The number of benzene rings is 2. The lowest BCUT2D eigenvalue weighted by Gasteiger charge is -2.18. The van der Waals surface area contributed by atoms with Crippen molar-refractivity contribution in [3.05, 3.63) is 58.7 Å². The molecule has 4 heteroatoms. The molecule has 0 fully saturated rings. The van der Waals surface area contributed by atoms with Crippen LogP contribution in [0.2, 0.25) is 0 Å². The van der Waals surface area contributed by atoms with Crippen LogP contribution in [-0.4, -0.2) is 5.11 Å². The van der Waals surface area contributed by atoms with Crippen LogP contribution >= 0.6 is 0 Å². The molecule has 2 nitrogen and oxygen atoms in total. The fourth-order valence-corrected chi connectivity index (χ4v) is 2.11. The van der Waals surface area contributed by atoms with Gasteiger partial charge in [0, 0.05) is 11.3 Å². The monoisotopic (exact) mass is 277 g/mol. The summed E-state index contributed by atoms with van der Waals surface area (Å²) in [5, 5.41) is 12.5. The Hall–Kier alpha value is -2.10. The van der Waals surface area contributed by atoms with Gasteiger partial charge in [-0.3, -0.25) is 0 Å². The molecule has 2 aromatic carbocycles. The predicted molar refractivity (Wildman–Crippen MR) is 76.0 cm³/mol. The lowest BCUT2D eigenvalue weighted by atomic mass is 10.0. The zero-order chi connectivity index (χ0) is 14.9. The van der Waals surface area contributed by atoms with Crippen LogP contribution in [0, 0.1) is 25.5 Å². The van der Waals surface area contributed by atoms with Gasteiger partial charge in [0.05, 0.1) is 6.04 Å². The molecule has 0 aliphatic heterocycles. The number of halogens is 2. The maximum Gasteiger partial charge on any atom is 0.128 e. The molecular formula is C16H17F2NO. The molecule has 106 valence electrons. The fourth-order valence-electron chi connectivity index (χ4n) is 2.11. The van der Waals surface area contributed by atoms with E-state index in [0.29, 0.717) is 5.56 Å². The van der Waals surface area contributed by atoms with Crippen molar-refractivity contribution in [1.82, 2.24) is 0 Å². The molecule has 0 aliphatic carbocycles. The van der Waals surface area contributed by atoms with Gasteiger partial charge in [-0.1, -0.05) is 0 Å². The largest absolute Gasteiger partial charge is 0.508 e. The zero-order valence-corrected chi connectivity index (χ0v) is 11.7. The van der Waals surface area contributed by atoms with Gasteiger partial charge in [0.25, 0.3) is 0 Å². The predicted octanol–water partition coefficient (Wildman–Crippen LogP) is 4.46. The highest BCUT2D eigenvalue weighted by atomic mass is 19.1. The van der Waals surface area contributed by atoms with Crippen LogP contribution in [0.4, 0.5) is 14.5 Å². The summed E-state index contributed by atoms with van der Waals surface area (Å²) in [7, 11) is 0. The van der Waals surface area contributed by atoms with Gasteiger partial charge in [-0.05, 0) is 62.2 Å². The second kappa shape index (κ2) is 5.49. The Bertz CT molecular complexity index is 641. The van der Waals surface area contributed by atoms with Gasteiger partial charge in [0.2, 0.25) is 0 Å². The van der Waals surface area contributed by atoms with E-state index in [1.165, 1.54) is 19.1 Å². The summed E-state index contributed by atoms with van der Waals surface area (Å²) in [6.07, 6.45) is 0. The number of hydrogen-bond acceptors (Lipinski definition) is 2. The highest BCUT2D eigenvalue weighted by Gasteiger charge is 2.14. The Kier molecular flexibility index (Phi) is 3.93. The molecular weight excluding hydrogens is 260 g/mol. The topological polar surface area (TPSA) is 32.3 Å². The number of aryl methyl sites for hydroxylation is 2. The van der Waals surface area contributed by atoms with Crippen molar-refractivity contribution in [3.63, 3.8) is 0 Å². The van der Waals surface area contributed by atoms with Crippen molar-refractivity contribution < 1.29 is 13.9 Å². The van der Waals surface area contributed by atoms with Crippen LogP contribution in [0.15, 0.2) is 30.3 Å². The highest BCUT2D eigenvalue weighted by molar-refractivity contribution is 5.54. The lowest BCUT2D eigenvalue weighted by molar-refractivity contribution is 0.475. The summed E-state index contributed by atoms with van der Waals surface area (Å²) in [4.78, 5) is 0. The van der Waals surface area contributed by atoms with Crippen LogP contribution in [0.5, 0.6) is 5.75 Å². The van der Waals surface area contributed by atoms with Gasteiger partial charge in [-0.2, -0.15) is 0 Å². The third kappa shape index (κ3) is 2.90. The average Bonchev–Trinajstić information content (AvgIpc) is 2.37. The first-order chi connectivity index (χ1) is 9.38. The van der Waals surface area contributed by atoms with Crippen molar-refractivity contribution in [2.24, 2.45) is 0 Å². The van der Waals surface area contributed by atoms with Crippen molar-refractivity contribution in [1.29, 1.82) is 0 Å². The molecule has 0 aromatic heterocycles. The quantitative estimate of drug-likeness (QED) is 0.812. The number of phenols is 1. The van der Waals surface area contributed by atoms with Crippen molar-refractivity contribution >= 4 is 5.69 Å². The van der Waals surface area contributed by atoms with E-state index in [1.807, 2.05) is 6.92 Å². The van der Waals surface area contributed by atoms with Crippen LogP contribution in [0.3, 0.4) is 0 Å². The van der Waals surface area contributed by atoms with E-state index in [9.17, 15) is 13.9 Å². The van der Waals surface area contributed by atoms with Gasteiger partial charge in [0.15, 0.2) is 0 Å². The first-order valence-electron chi connectivity index (χ1n) is 6.40. The van der Waals surface area contributed by atoms with Gasteiger partial charge in [-0.15, -0.1) is 0 Å². The number of phenolic OH excluding ortho intramolecular Hbond substituents is 1. The molecule has 0 saturated carbocycles. The summed E-state index contributed by atoms with van der Waals surface area (Å²) in [5.74, 6) is -0.675. The summed E-state index contributed by atoms with van der Waals surface area (Å²) >= 11 is 0. The molecule has 0 bridgehead atoms. The Labute approximate surface area is 117 Å². The molecule has 0 aliphatic rings. The average molecular weight is 277 g/mol. The fraction of sp³-hybridized carbons (Fsp3) is 0.250. The lowest BCUT2D eigenvalue weighted by Crippen LogP contribution is -2.10. The molecule has 1 unspecified atom stereocenters. The molecule has 0 radical (unpaired) electrons. The van der Waals surface area contributed by atoms with Crippen LogP contribution in [-0.2, 0) is 0 Å². The second-order valence-electron chi connectivity index (χ2n) is 4.99. The Morgan fingerprint density at radius 3 is 2.35 bits per heavy atom. The van der Waals surface area contributed by atoms with Crippen molar-refractivity contribution in [2.45, 2.75) is 26.8 Å². The van der Waals surface area contributed by atoms with Crippen molar-refractivity contribution in [3.8, 4) is 5.75 Å². The molecule has 0 saturated heterocycles. The van der Waals surface area contributed by atoms with Gasteiger partial charge >= 0.3 is 0 Å². The van der Waals surface area contributed by atoms with E-state index in [4.69, 9.17) is 0 Å². The smallest absolute Gasteiger partial charge is 0.128 e. The molecule has 1 atom stereocenters. The highest BCUT2D eigenvalue weighted by Crippen LogP contribution is 2.27. The van der Waals surface area contributed by atoms with Gasteiger partial charge < -0.3 is 10.4 Å². The Balaban J connectivity index is 2.28. The van der Waals surface area contributed by atoms with Gasteiger partial charge in [0.1, 0.15) is 17.4 Å². The third-order valence-corrected chi connectivity index (χ3v) is 3.33. The van der Waals surface area contributed by atoms with Crippen molar-refractivity contribution in [2.75, 3.05) is 5.32 Å². The molecule has 0 heterocycles. The molecule has 20 heavy (non-hydrogen) atoms. The third-order valence-electron chi connectivity index (χ3n) is 3.33. The minimum atomic E-state index is -0.430. The molecule has 0 spiro atoms. The van der Waals surface area contributed by atoms with E-state index < -0.39 is 11.6 Å². The van der Waals surface area contributed by atoms with Crippen LogP contribution in [0.25, 0.3) is 0 Å². The molecule has 2 N–H and O–H groups in total. The van der Waals surface area contributed by atoms with Crippen LogP contribution < -0.4 is 5.32 Å². The minimum absolute atomic E-state index is 0.174. The summed E-state index contributed by atoms with van der Waals surface area (Å²) in [6.45, 7) is 5.13. The van der Waals surface area contributed by atoms with Crippen LogP contribution in [0.1, 0.15) is 29.7 Å². The SMILES string of the molecule is Cc1cc(F)c(C(C)Nc2ccc(O)cc2C)cc1F. The Morgan fingerprint density at radius 2 is 1.70 bits per heavy atom. The standard InChI is InChI=1S/C16H17F2NO/c1-9-7-15(18)13(8-14(9)17)11(3)19-16-5-4-12(20)6-10(16)2/h4-8,11,19-20H,1-3H3. The summed E-state index contributed by atoms with van der Waals surface area (Å²) < 4.78 is 27.5. The van der Waals surface area contributed by atoms with Gasteiger partial charge in [-0.25, -0.2) is 8.78 Å². The number of rotatable bonds is 3. The first-order valence-corrected chi connectivity index (χ1v) is 6.40. The normalized spacial score (nSPS) is 12.2. The zero-order valence-electron chi connectivity index (χ0n) is 11.7. The number of aromatic hydroxyl groups is 1. The molecule has 0 amide bonds. The first kappa shape index (κ1) is 14.3. The maximum absolute atomic E-state index is 13.9. The number of nitrogens with one attached hydrogen (secondary N) is 1.